The molecule has 16 heavy (non-hydrogen) atoms. The summed E-state index contributed by atoms with van der Waals surface area (Å²) in [6, 6.07) is 0. The van der Waals surface area contributed by atoms with Crippen LogP contribution in [0.15, 0.2) is 6.20 Å². The zero-order chi connectivity index (χ0) is 11.8. The number of nitrogens with one attached hydrogen (secondary N) is 1. The van der Waals surface area contributed by atoms with Crippen LogP contribution in [0.25, 0.3) is 0 Å². The molecule has 0 radical (unpaired) electrons. The smallest absolute Gasteiger partial charge is 0.236 e. The fourth-order valence-electron chi connectivity index (χ4n) is 1.67. The van der Waals surface area contributed by atoms with Crippen LogP contribution < -0.4 is 4.72 Å². The average molecular weight is 242 g/mol. The molecule has 0 unspecified atom stereocenters. The van der Waals surface area contributed by atoms with Crippen LogP contribution in [0.3, 0.4) is 0 Å². The molecule has 0 aromatic carbocycles. The first-order valence-corrected chi connectivity index (χ1v) is 6.84. The Hall–Kier alpha value is -1.21. The van der Waals surface area contributed by atoms with E-state index in [1.807, 2.05) is 7.05 Å². The molecule has 1 aliphatic heterocycles. The summed E-state index contributed by atoms with van der Waals surface area (Å²) in [5.74, 6) is 0.158. The van der Waals surface area contributed by atoms with E-state index in [1.165, 1.54) is 0 Å². The maximum Gasteiger partial charge on any atom is 0.236 e. The third-order valence-electron chi connectivity index (χ3n) is 2.40. The highest BCUT2D eigenvalue weighted by Gasteiger charge is 2.16. The number of anilines is 1. The number of hydrogen-bond donors (Lipinski definition) is 1. The van der Waals surface area contributed by atoms with Gasteiger partial charge in [0.25, 0.3) is 0 Å². The molecule has 0 bridgehead atoms. The third-order valence-corrected chi connectivity index (χ3v) is 2.95. The Bertz CT molecular complexity index is 500. The summed E-state index contributed by atoms with van der Waals surface area (Å²) in [4.78, 5) is 10.4. The van der Waals surface area contributed by atoms with Gasteiger partial charge in [0.05, 0.1) is 11.9 Å². The minimum absolute atomic E-state index is 0.158. The van der Waals surface area contributed by atoms with Crippen molar-refractivity contribution in [3.63, 3.8) is 0 Å². The van der Waals surface area contributed by atoms with E-state index in [9.17, 15) is 8.42 Å². The Morgan fingerprint density at radius 3 is 2.94 bits per heavy atom. The lowest BCUT2D eigenvalue weighted by Crippen LogP contribution is -2.28. The lowest BCUT2D eigenvalue weighted by atomic mass is 10.1. The Morgan fingerprint density at radius 1 is 1.50 bits per heavy atom. The van der Waals surface area contributed by atoms with Gasteiger partial charge in [0, 0.05) is 31.3 Å². The number of aromatic nitrogens is 2. The van der Waals surface area contributed by atoms with E-state index in [1.54, 1.807) is 6.20 Å². The maximum absolute atomic E-state index is 11.0. The van der Waals surface area contributed by atoms with E-state index >= 15 is 0 Å². The Kier molecular flexibility index (Phi) is 2.81. The molecular formula is C9H14N4O2S. The van der Waals surface area contributed by atoms with E-state index in [2.05, 4.69) is 19.6 Å². The molecule has 1 aromatic heterocycles. The van der Waals surface area contributed by atoms with Gasteiger partial charge in [-0.2, -0.15) is 0 Å². The molecule has 1 aromatic rings. The van der Waals surface area contributed by atoms with Crippen molar-refractivity contribution < 1.29 is 8.42 Å². The van der Waals surface area contributed by atoms with E-state index in [4.69, 9.17) is 0 Å². The molecule has 2 heterocycles. The van der Waals surface area contributed by atoms with Crippen molar-refractivity contribution in [3.8, 4) is 0 Å². The van der Waals surface area contributed by atoms with Gasteiger partial charge in [0.1, 0.15) is 0 Å². The van der Waals surface area contributed by atoms with Crippen molar-refractivity contribution in [1.29, 1.82) is 0 Å². The molecule has 1 aliphatic rings. The second-order valence-corrected chi connectivity index (χ2v) is 5.78. The van der Waals surface area contributed by atoms with E-state index in [-0.39, 0.29) is 5.95 Å². The minimum Gasteiger partial charge on any atom is -0.302 e. The Labute approximate surface area is 94.8 Å². The molecule has 0 aliphatic carbocycles. The van der Waals surface area contributed by atoms with Crippen molar-refractivity contribution in [2.75, 3.05) is 24.6 Å². The van der Waals surface area contributed by atoms with Gasteiger partial charge >= 0.3 is 0 Å². The van der Waals surface area contributed by atoms with Crippen LogP contribution in [0.1, 0.15) is 11.3 Å². The normalized spacial score (nSPS) is 16.9. The molecule has 1 N–H and O–H groups in total. The van der Waals surface area contributed by atoms with Gasteiger partial charge < -0.3 is 4.90 Å². The van der Waals surface area contributed by atoms with Gasteiger partial charge in [-0.25, -0.2) is 18.4 Å². The summed E-state index contributed by atoms with van der Waals surface area (Å²) in [7, 11) is -1.27. The first-order chi connectivity index (χ1) is 7.44. The highest BCUT2D eigenvalue weighted by Crippen LogP contribution is 2.16. The number of nitrogens with zero attached hydrogens (tertiary/aromatic N) is 3. The average Bonchev–Trinajstić information content (AvgIpc) is 2.16. The van der Waals surface area contributed by atoms with Crippen LogP contribution in [0, 0.1) is 0 Å². The van der Waals surface area contributed by atoms with E-state index in [0.717, 1.165) is 37.0 Å². The molecule has 0 spiro atoms. The first-order valence-electron chi connectivity index (χ1n) is 4.95. The molecule has 0 atom stereocenters. The fourth-order valence-corrected chi connectivity index (χ4v) is 2.10. The number of sulfonamides is 1. The van der Waals surface area contributed by atoms with Crippen molar-refractivity contribution in [2.24, 2.45) is 0 Å². The molecule has 0 fully saturated rings. The Balaban J connectivity index is 2.26. The van der Waals surface area contributed by atoms with Gasteiger partial charge in [-0.1, -0.05) is 0 Å². The van der Waals surface area contributed by atoms with Crippen LogP contribution >= 0.6 is 0 Å². The van der Waals surface area contributed by atoms with Gasteiger partial charge in [0.15, 0.2) is 0 Å². The van der Waals surface area contributed by atoms with Crippen LogP contribution in [0.2, 0.25) is 0 Å². The number of likely N-dealkylation sites (N-methyl/N-ethyl adjacent to an activating group) is 1. The zero-order valence-electron chi connectivity index (χ0n) is 9.27. The third kappa shape index (κ3) is 2.67. The molecule has 6 nitrogen and oxygen atoms in total. The van der Waals surface area contributed by atoms with Crippen molar-refractivity contribution >= 4 is 16.0 Å². The molecule has 88 valence electrons. The van der Waals surface area contributed by atoms with E-state index in [0.29, 0.717) is 0 Å². The van der Waals surface area contributed by atoms with Gasteiger partial charge in [-0.05, 0) is 7.05 Å². The monoisotopic (exact) mass is 242 g/mol. The number of fused-ring (bicyclic) bond motifs is 1. The topological polar surface area (TPSA) is 75.2 Å². The van der Waals surface area contributed by atoms with E-state index < -0.39 is 10.0 Å². The predicted octanol–water partition coefficient (Wildman–Crippen LogP) is -0.164. The van der Waals surface area contributed by atoms with Crippen LogP contribution in [-0.2, 0) is 23.0 Å². The van der Waals surface area contributed by atoms with Crippen LogP contribution in [0.4, 0.5) is 5.95 Å². The van der Waals surface area contributed by atoms with Crippen molar-refractivity contribution in [2.45, 2.75) is 13.0 Å². The SMILES string of the molecule is CN1CCc2nc(NS(C)(=O)=O)ncc2C1. The van der Waals surface area contributed by atoms with Gasteiger partial charge in [-0.15, -0.1) is 0 Å². The molecule has 2 rings (SSSR count). The van der Waals surface area contributed by atoms with Crippen molar-refractivity contribution in [3.05, 3.63) is 17.5 Å². The Morgan fingerprint density at radius 2 is 2.25 bits per heavy atom. The van der Waals surface area contributed by atoms with Crippen molar-refractivity contribution in [1.82, 2.24) is 14.9 Å². The van der Waals surface area contributed by atoms with Crippen LogP contribution in [-0.4, -0.2) is 43.1 Å². The first kappa shape index (κ1) is 11.3. The lowest BCUT2D eigenvalue weighted by molar-refractivity contribution is 0.309. The summed E-state index contributed by atoms with van der Waals surface area (Å²) in [5.41, 5.74) is 1.99. The molecule has 7 heteroatoms. The summed E-state index contributed by atoms with van der Waals surface area (Å²) < 4.78 is 24.3. The van der Waals surface area contributed by atoms with Crippen LogP contribution in [0.5, 0.6) is 0 Å². The second-order valence-electron chi connectivity index (χ2n) is 4.03. The highest BCUT2D eigenvalue weighted by molar-refractivity contribution is 7.91. The summed E-state index contributed by atoms with van der Waals surface area (Å²) in [6.07, 6.45) is 3.60. The zero-order valence-corrected chi connectivity index (χ0v) is 10.1. The predicted molar refractivity (Wildman–Crippen MR) is 60.5 cm³/mol. The highest BCUT2D eigenvalue weighted by atomic mass is 32.2. The van der Waals surface area contributed by atoms with Gasteiger partial charge in [-0.3, -0.25) is 4.72 Å². The summed E-state index contributed by atoms with van der Waals surface area (Å²) >= 11 is 0. The number of rotatable bonds is 2. The molecular weight excluding hydrogens is 228 g/mol. The summed E-state index contributed by atoms with van der Waals surface area (Å²) in [5, 5.41) is 0. The summed E-state index contributed by atoms with van der Waals surface area (Å²) in [6.45, 7) is 1.75. The second kappa shape index (κ2) is 3.99. The number of hydrogen-bond acceptors (Lipinski definition) is 5. The molecule has 0 saturated carbocycles. The standard InChI is InChI=1S/C9H14N4O2S/c1-13-4-3-8-7(6-13)5-10-9(11-8)12-16(2,14)15/h5H,3-4,6H2,1-2H3,(H,10,11,12). The molecule has 0 saturated heterocycles. The lowest BCUT2D eigenvalue weighted by Gasteiger charge is -2.23. The largest absolute Gasteiger partial charge is 0.302 e. The molecule has 0 amide bonds. The fraction of sp³-hybridized carbons (Fsp3) is 0.556. The quantitative estimate of drug-likeness (QED) is 0.779. The van der Waals surface area contributed by atoms with Gasteiger partial charge in [0.2, 0.25) is 16.0 Å². The minimum atomic E-state index is -3.30. The maximum atomic E-state index is 11.0.